The molecule has 164 valence electrons. The Hall–Kier alpha value is -1.59. The van der Waals surface area contributed by atoms with Crippen LogP contribution in [0.4, 0.5) is 0 Å². The van der Waals surface area contributed by atoms with E-state index in [-0.39, 0.29) is 6.61 Å². The summed E-state index contributed by atoms with van der Waals surface area (Å²) >= 11 is 5.99. The summed E-state index contributed by atoms with van der Waals surface area (Å²) in [4.78, 5) is 5.02. The lowest BCUT2D eigenvalue weighted by Gasteiger charge is -2.35. The normalized spacial score (nSPS) is 17.4. The first-order valence-corrected chi connectivity index (χ1v) is 11.5. The monoisotopic (exact) mass is 430 g/mol. The van der Waals surface area contributed by atoms with Crippen LogP contribution in [0.5, 0.6) is 5.75 Å². The standard InChI is InChI=1S/C25H35ClN2O2/c1-3-30-25-11-8-21(15-23(25)19-29)16-27(2)17-22-5-4-13-28(18-22)14-12-20-6-9-24(26)10-7-20/h6-11,15,22,29H,3-5,12-14,16-19H2,1-2H3/t22-/m0/s1. The zero-order chi connectivity index (χ0) is 21.3. The van der Waals surface area contributed by atoms with Gasteiger partial charge in [0, 0.05) is 36.8 Å². The van der Waals surface area contributed by atoms with Crippen LogP contribution in [0, 0.1) is 5.92 Å². The molecule has 2 aromatic carbocycles. The zero-order valence-corrected chi connectivity index (χ0v) is 19.1. The maximum Gasteiger partial charge on any atom is 0.124 e. The number of hydrogen-bond acceptors (Lipinski definition) is 4. The topological polar surface area (TPSA) is 35.9 Å². The third-order valence-corrected chi connectivity index (χ3v) is 6.10. The molecule has 1 heterocycles. The van der Waals surface area contributed by atoms with Gasteiger partial charge in [0.2, 0.25) is 0 Å². The summed E-state index contributed by atoms with van der Waals surface area (Å²) in [6, 6.07) is 14.4. The SMILES string of the molecule is CCOc1ccc(CN(C)C[C@@H]2CCCN(CCc3ccc(Cl)cc3)C2)cc1CO. The predicted molar refractivity (Wildman–Crippen MR) is 124 cm³/mol. The molecule has 1 fully saturated rings. The van der Waals surface area contributed by atoms with E-state index in [2.05, 4.69) is 41.1 Å². The van der Waals surface area contributed by atoms with Crippen LogP contribution >= 0.6 is 11.6 Å². The van der Waals surface area contributed by atoms with Crippen molar-refractivity contribution in [2.75, 3.05) is 39.8 Å². The van der Waals surface area contributed by atoms with Crippen LogP contribution in [0.2, 0.25) is 5.02 Å². The first-order chi connectivity index (χ1) is 14.6. The highest BCUT2D eigenvalue weighted by Gasteiger charge is 2.21. The number of likely N-dealkylation sites (tertiary alicyclic amines) is 1. The second-order valence-electron chi connectivity index (χ2n) is 8.42. The van der Waals surface area contributed by atoms with Gasteiger partial charge in [-0.15, -0.1) is 0 Å². The molecule has 4 nitrogen and oxygen atoms in total. The first kappa shape index (κ1) is 23.1. The second-order valence-corrected chi connectivity index (χ2v) is 8.85. The van der Waals surface area contributed by atoms with Crippen LogP contribution in [0.15, 0.2) is 42.5 Å². The fourth-order valence-electron chi connectivity index (χ4n) is 4.41. The Morgan fingerprint density at radius 2 is 1.93 bits per heavy atom. The van der Waals surface area contributed by atoms with E-state index in [1.807, 2.05) is 25.1 Å². The van der Waals surface area contributed by atoms with Crippen LogP contribution < -0.4 is 4.74 Å². The first-order valence-electron chi connectivity index (χ1n) is 11.1. The minimum absolute atomic E-state index is 0.0120. The van der Waals surface area contributed by atoms with Gasteiger partial charge in [-0.1, -0.05) is 29.8 Å². The summed E-state index contributed by atoms with van der Waals surface area (Å²) in [6.07, 6.45) is 3.65. The number of aliphatic hydroxyl groups is 1. The van der Waals surface area contributed by atoms with Crippen molar-refractivity contribution in [1.29, 1.82) is 0 Å². The molecule has 0 bridgehead atoms. The molecule has 1 aliphatic rings. The van der Waals surface area contributed by atoms with Crippen molar-refractivity contribution < 1.29 is 9.84 Å². The van der Waals surface area contributed by atoms with Gasteiger partial charge in [0.15, 0.2) is 0 Å². The molecule has 0 radical (unpaired) electrons. The van der Waals surface area contributed by atoms with Crippen LogP contribution in [0.25, 0.3) is 0 Å². The number of aliphatic hydroxyl groups excluding tert-OH is 1. The Kier molecular flexibility index (Phi) is 9.01. The number of nitrogens with zero attached hydrogens (tertiary/aromatic N) is 2. The molecule has 1 atom stereocenters. The van der Waals surface area contributed by atoms with Crippen molar-refractivity contribution in [3.05, 3.63) is 64.2 Å². The second kappa shape index (κ2) is 11.7. The summed E-state index contributed by atoms with van der Waals surface area (Å²) in [7, 11) is 2.20. The Balaban J connectivity index is 1.47. The summed E-state index contributed by atoms with van der Waals surface area (Å²) in [5.74, 6) is 1.49. The fourth-order valence-corrected chi connectivity index (χ4v) is 4.54. The van der Waals surface area contributed by atoms with E-state index in [9.17, 15) is 5.11 Å². The molecule has 1 N–H and O–H groups in total. The average molecular weight is 431 g/mol. The Morgan fingerprint density at radius 1 is 1.17 bits per heavy atom. The van der Waals surface area contributed by atoms with Gasteiger partial charge < -0.3 is 19.6 Å². The lowest BCUT2D eigenvalue weighted by Crippen LogP contribution is -2.40. The fraction of sp³-hybridized carbons (Fsp3) is 0.520. The van der Waals surface area contributed by atoms with E-state index in [4.69, 9.17) is 16.3 Å². The highest BCUT2D eigenvalue weighted by atomic mass is 35.5. The third kappa shape index (κ3) is 6.98. The number of ether oxygens (including phenoxy) is 1. The number of piperidine rings is 1. The molecule has 0 amide bonds. The molecule has 30 heavy (non-hydrogen) atoms. The molecular weight excluding hydrogens is 396 g/mol. The van der Waals surface area contributed by atoms with Crippen molar-refractivity contribution in [1.82, 2.24) is 9.80 Å². The van der Waals surface area contributed by atoms with Gasteiger partial charge >= 0.3 is 0 Å². The lowest BCUT2D eigenvalue weighted by atomic mass is 9.96. The van der Waals surface area contributed by atoms with Crippen LogP contribution in [0.1, 0.15) is 36.5 Å². The number of benzene rings is 2. The molecule has 3 rings (SSSR count). The highest BCUT2D eigenvalue weighted by Crippen LogP contribution is 2.23. The van der Waals surface area contributed by atoms with Gasteiger partial charge in [-0.05, 0) is 81.1 Å². The van der Waals surface area contributed by atoms with E-state index in [0.29, 0.717) is 12.5 Å². The van der Waals surface area contributed by atoms with Gasteiger partial charge in [-0.3, -0.25) is 0 Å². The van der Waals surface area contributed by atoms with Crippen LogP contribution in [-0.2, 0) is 19.6 Å². The summed E-state index contributed by atoms with van der Waals surface area (Å²) in [6.45, 7) is 8.06. The van der Waals surface area contributed by atoms with E-state index in [1.165, 1.54) is 37.1 Å². The van der Waals surface area contributed by atoms with E-state index in [1.54, 1.807) is 0 Å². The van der Waals surface area contributed by atoms with Gasteiger partial charge in [0.25, 0.3) is 0 Å². The number of rotatable bonds is 10. The maximum atomic E-state index is 9.63. The quantitative estimate of drug-likeness (QED) is 0.596. The molecule has 0 spiro atoms. The maximum absolute atomic E-state index is 9.63. The van der Waals surface area contributed by atoms with Gasteiger partial charge in [-0.25, -0.2) is 0 Å². The summed E-state index contributed by atoms with van der Waals surface area (Å²) < 4.78 is 5.60. The number of halogens is 1. The molecule has 0 aliphatic carbocycles. The molecule has 1 aliphatic heterocycles. The average Bonchev–Trinajstić information content (AvgIpc) is 2.75. The summed E-state index contributed by atoms with van der Waals surface area (Å²) in [5.41, 5.74) is 3.45. The molecule has 0 unspecified atom stereocenters. The molecule has 1 saturated heterocycles. The Bertz CT molecular complexity index is 781. The minimum Gasteiger partial charge on any atom is -0.494 e. The van der Waals surface area contributed by atoms with Crippen LogP contribution in [0.3, 0.4) is 0 Å². The molecule has 2 aromatic rings. The van der Waals surface area contributed by atoms with Gasteiger partial charge in [-0.2, -0.15) is 0 Å². The summed E-state index contributed by atoms with van der Waals surface area (Å²) in [5, 5.41) is 10.4. The molecular formula is C25H35ClN2O2. The van der Waals surface area contributed by atoms with E-state index >= 15 is 0 Å². The van der Waals surface area contributed by atoms with Crippen molar-refractivity contribution >= 4 is 11.6 Å². The minimum atomic E-state index is 0.0120. The third-order valence-electron chi connectivity index (χ3n) is 5.85. The number of hydrogen-bond donors (Lipinski definition) is 1. The van der Waals surface area contributed by atoms with Crippen molar-refractivity contribution in [3.63, 3.8) is 0 Å². The van der Waals surface area contributed by atoms with E-state index in [0.717, 1.165) is 42.4 Å². The Labute approximate surface area is 186 Å². The highest BCUT2D eigenvalue weighted by molar-refractivity contribution is 6.30. The van der Waals surface area contributed by atoms with E-state index < -0.39 is 0 Å². The van der Waals surface area contributed by atoms with Gasteiger partial charge in [0.1, 0.15) is 5.75 Å². The largest absolute Gasteiger partial charge is 0.494 e. The Morgan fingerprint density at radius 3 is 2.67 bits per heavy atom. The zero-order valence-electron chi connectivity index (χ0n) is 18.3. The smallest absolute Gasteiger partial charge is 0.124 e. The molecule has 5 heteroatoms. The molecule has 0 aromatic heterocycles. The predicted octanol–water partition coefficient (Wildman–Crippen LogP) is 4.62. The lowest BCUT2D eigenvalue weighted by molar-refractivity contribution is 0.142. The van der Waals surface area contributed by atoms with Crippen LogP contribution in [-0.4, -0.2) is 54.7 Å². The van der Waals surface area contributed by atoms with Crippen molar-refractivity contribution in [3.8, 4) is 5.75 Å². The van der Waals surface area contributed by atoms with Crippen molar-refractivity contribution in [2.24, 2.45) is 5.92 Å². The molecule has 0 saturated carbocycles. The van der Waals surface area contributed by atoms with Crippen molar-refractivity contribution in [2.45, 2.75) is 39.3 Å². The van der Waals surface area contributed by atoms with Gasteiger partial charge in [0.05, 0.1) is 13.2 Å².